The van der Waals surface area contributed by atoms with Gasteiger partial charge in [0.25, 0.3) is 0 Å². The molecule has 20 heavy (non-hydrogen) atoms. The van der Waals surface area contributed by atoms with Gasteiger partial charge in [-0.15, -0.1) is 0 Å². The summed E-state index contributed by atoms with van der Waals surface area (Å²) in [6.07, 6.45) is 0.0557. The van der Waals surface area contributed by atoms with Crippen molar-refractivity contribution in [1.29, 1.82) is 5.26 Å². The highest BCUT2D eigenvalue weighted by molar-refractivity contribution is 7.89. The third-order valence-corrected chi connectivity index (χ3v) is 4.87. The van der Waals surface area contributed by atoms with Gasteiger partial charge in [0.05, 0.1) is 6.07 Å². The van der Waals surface area contributed by atoms with Crippen molar-refractivity contribution < 1.29 is 22.7 Å². The predicted octanol–water partition coefficient (Wildman–Crippen LogP) is 1.60. The van der Waals surface area contributed by atoms with Gasteiger partial charge in [0.15, 0.2) is 0 Å². The molecule has 0 unspecified atom stereocenters. The number of furan rings is 1. The topological polar surface area (TPSA) is 112 Å². The minimum absolute atomic E-state index is 0.0185. The Morgan fingerprint density at radius 2 is 2.15 bits per heavy atom. The van der Waals surface area contributed by atoms with E-state index in [2.05, 4.69) is 0 Å². The van der Waals surface area contributed by atoms with Crippen LogP contribution in [0.3, 0.4) is 0 Å². The second-order valence-corrected chi connectivity index (χ2v) is 6.31. The number of carbonyl (C=O) groups is 1. The summed E-state index contributed by atoms with van der Waals surface area (Å²) in [4.78, 5) is 10.6. The molecule has 0 bridgehead atoms. The number of nitriles is 1. The van der Waals surface area contributed by atoms with E-state index in [4.69, 9.17) is 14.8 Å². The third-order valence-electron chi connectivity index (χ3n) is 2.69. The molecular formula is C12H16N2O5S. The highest BCUT2D eigenvalue weighted by Gasteiger charge is 2.31. The Hall–Kier alpha value is -1.85. The van der Waals surface area contributed by atoms with Crippen LogP contribution in [0.2, 0.25) is 0 Å². The first-order valence-electron chi connectivity index (χ1n) is 5.94. The second-order valence-electron chi connectivity index (χ2n) is 4.45. The van der Waals surface area contributed by atoms with Crippen molar-refractivity contribution in [2.45, 2.75) is 38.1 Å². The van der Waals surface area contributed by atoms with Crippen LogP contribution in [0.4, 0.5) is 0 Å². The lowest BCUT2D eigenvalue weighted by Crippen LogP contribution is -2.37. The molecule has 0 atom stereocenters. The number of sulfonamides is 1. The normalized spacial score (nSPS) is 11.8. The number of aryl methyl sites for hydroxylation is 1. The van der Waals surface area contributed by atoms with E-state index < -0.39 is 21.8 Å². The number of hydrogen-bond donors (Lipinski definition) is 1. The van der Waals surface area contributed by atoms with Gasteiger partial charge in [0, 0.05) is 25.1 Å². The fraction of sp³-hybridized carbons (Fsp3) is 0.500. The van der Waals surface area contributed by atoms with E-state index in [0.717, 1.165) is 10.4 Å². The fourth-order valence-electron chi connectivity index (χ4n) is 1.77. The second kappa shape index (κ2) is 6.07. The van der Waals surface area contributed by atoms with Crippen LogP contribution in [0.5, 0.6) is 0 Å². The molecule has 0 aliphatic heterocycles. The van der Waals surface area contributed by atoms with E-state index in [9.17, 15) is 13.2 Å². The van der Waals surface area contributed by atoms with Crippen LogP contribution in [0.1, 0.15) is 36.6 Å². The average molecular weight is 300 g/mol. The SMILES string of the molecule is Cc1oc(C(=O)O)cc1S(=O)(=O)N(CCC#N)C(C)C. The van der Waals surface area contributed by atoms with Crippen LogP contribution in [0.25, 0.3) is 0 Å². The number of aromatic carboxylic acids is 1. The lowest BCUT2D eigenvalue weighted by atomic mass is 10.3. The summed E-state index contributed by atoms with van der Waals surface area (Å²) in [5.41, 5.74) is 0. The predicted molar refractivity (Wildman–Crippen MR) is 69.7 cm³/mol. The Morgan fingerprint density at radius 1 is 1.55 bits per heavy atom. The van der Waals surface area contributed by atoms with Crippen molar-refractivity contribution in [2.75, 3.05) is 6.54 Å². The van der Waals surface area contributed by atoms with Crippen molar-refractivity contribution in [2.24, 2.45) is 0 Å². The smallest absolute Gasteiger partial charge is 0.371 e. The molecule has 0 spiro atoms. The summed E-state index contributed by atoms with van der Waals surface area (Å²) in [7, 11) is -3.89. The number of rotatable bonds is 6. The van der Waals surface area contributed by atoms with E-state index in [0.29, 0.717) is 0 Å². The minimum atomic E-state index is -3.89. The molecule has 0 aliphatic carbocycles. The van der Waals surface area contributed by atoms with Crippen molar-refractivity contribution in [3.8, 4) is 6.07 Å². The first-order valence-corrected chi connectivity index (χ1v) is 7.38. The molecule has 1 aromatic rings. The lowest BCUT2D eigenvalue weighted by molar-refractivity contribution is 0.0661. The summed E-state index contributed by atoms with van der Waals surface area (Å²) >= 11 is 0. The van der Waals surface area contributed by atoms with Crippen molar-refractivity contribution >= 4 is 16.0 Å². The van der Waals surface area contributed by atoms with E-state index in [-0.39, 0.29) is 29.7 Å². The molecule has 1 heterocycles. The quantitative estimate of drug-likeness (QED) is 0.854. The van der Waals surface area contributed by atoms with Crippen molar-refractivity contribution in [1.82, 2.24) is 4.31 Å². The Bertz CT molecular complexity index is 639. The van der Waals surface area contributed by atoms with Crippen LogP contribution >= 0.6 is 0 Å². The van der Waals surface area contributed by atoms with Gasteiger partial charge < -0.3 is 9.52 Å². The highest BCUT2D eigenvalue weighted by Crippen LogP contribution is 2.25. The molecule has 0 amide bonds. The minimum Gasteiger partial charge on any atom is -0.475 e. The molecule has 0 saturated heterocycles. The van der Waals surface area contributed by atoms with Gasteiger partial charge in [-0.1, -0.05) is 0 Å². The fourth-order valence-corrected chi connectivity index (χ4v) is 3.57. The van der Waals surface area contributed by atoms with E-state index in [1.54, 1.807) is 13.8 Å². The molecule has 0 radical (unpaired) electrons. The zero-order valence-corrected chi connectivity index (χ0v) is 12.3. The van der Waals surface area contributed by atoms with Gasteiger partial charge >= 0.3 is 5.97 Å². The molecule has 0 aliphatic rings. The first kappa shape index (κ1) is 16.2. The maximum absolute atomic E-state index is 12.5. The third kappa shape index (κ3) is 3.18. The molecule has 7 nitrogen and oxygen atoms in total. The van der Waals surface area contributed by atoms with Crippen LogP contribution in [0.15, 0.2) is 15.4 Å². The lowest BCUT2D eigenvalue weighted by Gasteiger charge is -2.24. The Kier molecular flexibility index (Phi) is 4.92. The summed E-state index contributed by atoms with van der Waals surface area (Å²) in [6.45, 7) is 4.80. The molecular weight excluding hydrogens is 284 g/mol. The number of nitrogens with zero attached hydrogens (tertiary/aromatic N) is 2. The monoisotopic (exact) mass is 300 g/mol. The molecule has 0 fully saturated rings. The molecule has 1 aromatic heterocycles. The van der Waals surface area contributed by atoms with Crippen LogP contribution in [0, 0.1) is 18.3 Å². The van der Waals surface area contributed by atoms with Gasteiger partial charge in [0.1, 0.15) is 10.7 Å². The van der Waals surface area contributed by atoms with Gasteiger partial charge in [0.2, 0.25) is 15.8 Å². The summed E-state index contributed by atoms with van der Waals surface area (Å²) in [6, 6.07) is 2.53. The maximum atomic E-state index is 12.5. The molecule has 1 rings (SSSR count). The first-order chi connectivity index (χ1) is 9.21. The van der Waals surface area contributed by atoms with Gasteiger partial charge in [-0.25, -0.2) is 13.2 Å². The number of hydrogen-bond acceptors (Lipinski definition) is 5. The Labute approximate surface area is 117 Å². The van der Waals surface area contributed by atoms with Gasteiger partial charge in [-0.3, -0.25) is 0 Å². The molecule has 110 valence electrons. The van der Waals surface area contributed by atoms with Crippen LogP contribution < -0.4 is 0 Å². The van der Waals surface area contributed by atoms with Gasteiger partial charge in [-0.05, 0) is 20.8 Å². The molecule has 0 aromatic carbocycles. The summed E-state index contributed by atoms with van der Waals surface area (Å²) in [5, 5.41) is 17.4. The van der Waals surface area contributed by atoms with E-state index in [1.807, 2.05) is 6.07 Å². The highest BCUT2D eigenvalue weighted by atomic mass is 32.2. The largest absolute Gasteiger partial charge is 0.475 e. The number of carboxylic acid groups (broad SMARTS) is 1. The van der Waals surface area contributed by atoms with E-state index >= 15 is 0 Å². The average Bonchev–Trinajstić information content (AvgIpc) is 2.72. The Morgan fingerprint density at radius 3 is 2.55 bits per heavy atom. The van der Waals surface area contributed by atoms with Crippen molar-refractivity contribution in [3.05, 3.63) is 17.6 Å². The van der Waals surface area contributed by atoms with Crippen LogP contribution in [-0.2, 0) is 10.0 Å². The van der Waals surface area contributed by atoms with Crippen molar-refractivity contribution in [3.63, 3.8) is 0 Å². The maximum Gasteiger partial charge on any atom is 0.371 e. The summed E-state index contributed by atoms with van der Waals surface area (Å²) < 4.78 is 31.1. The summed E-state index contributed by atoms with van der Waals surface area (Å²) in [5.74, 6) is -1.74. The standard InChI is InChI=1S/C12H16N2O5S/c1-8(2)14(6-4-5-13)20(17,18)11-7-10(12(15)16)19-9(11)3/h7-8H,4,6H2,1-3H3,(H,15,16). The molecule has 8 heteroatoms. The zero-order valence-electron chi connectivity index (χ0n) is 11.5. The Balaban J connectivity index is 3.26. The zero-order chi connectivity index (χ0) is 15.5. The van der Waals surface area contributed by atoms with Crippen LogP contribution in [-0.4, -0.2) is 36.4 Å². The number of carboxylic acids is 1. The van der Waals surface area contributed by atoms with Gasteiger partial charge in [-0.2, -0.15) is 9.57 Å². The molecule has 1 N–H and O–H groups in total. The molecule has 0 saturated carbocycles. The van der Waals surface area contributed by atoms with E-state index in [1.165, 1.54) is 6.92 Å².